The van der Waals surface area contributed by atoms with Gasteiger partial charge < -0.3 is 10.3 Å². The number of benzene rings is 2. The molecular weight excluding hydrogens is 344 g/mol. The minimum atomic E-state index is -1.10. The van der Waals surface area contributed by atoms with Gasteiger partial charge in [0.1, 0.15) is 0 Å². The molecule has 2 aromatic carbocycles. The third-order valence-electron chi connectivity index (χ3n) is 4.96. The van der Waals surface area contributed by atoms with Gasteiger partial charge >= 0.3 is 0 Å². The Morgan fingerprint density at radius 2 is 1.85 bits per heavy atom. The molecule has 26 heavy (non-hydrogen) atoms. The molecule has 0 radical (unpaired) electrons. The van der Waals surface area contributed by atoms with Crippen LogP contribution >= 0.6 is 0 Å². The molecule has 0 saturated heterocycles. The van der Waals surface area contributed by atoms with Crippen molar-refractivity contribution in [3.8, 4) is 0 Å². The Morgan fingerprint density at radius 1 is 1.04 bits per heavy atom. The number of rotatable bonds is 5. The first-order valence-corrected chi connectivity index (χ1v) is 10.4. The number of carbonyl (C=O) groups excluding carboxylic acids is 1. The van der Waals surface area contributed by atoms with E-state index in [1.165, 1.54) is 29.5 Å². The highest BCUT2D eigenvalue weighted by molar-refractivity contribution is 7.85. The monoisotopic (exact) mass is 366 g/mol. The Balaban J connectivity index is 1.47. The Labute approximate surface area is 155 Å². The SMILES string of the molecule is O=C(NCC[S@@](=O)c1ccccc1)c1cccc2c3c([nH]c12)CCCC3. The summed E-state index contributed by atoms with van der Waals surface area (Å²) in [4.78, 5) is 16.9. The van der Waals surface area contributed by atoms with Crippen molar-refractivity contribution < 1.29 is 9.00 Å². The number of para-hydroxylation sites is 1. The van der Waals surface area contributed by atoms with E-state index in [0.29, 0.717) is 17.9 Å². The highest BCUT2D eigenvalue weighted by atomic mass is 32.2. The molecule has 0 aliphatic heterocycles. The van der Waals surface area contributed by atoms with Gasteiger partial charge in [-0.15, -0.1) is 0 Å². The summed E-state index contributed by atoms with van der Waals surface area (Å²) >= 11 is 0. The van der Waals surface area contributed by atoms with E-state index in [1.54, 1.807) is 0 Å². The number of carbonyl (C=O) groups is 1. The number of hydrogen-bond acceptors (Lipinski definition) is 2. The van der Waals surface area contributed by atoms with Crippen molar-refractivity contribution >= 4 is 27.6 Å². The molecule has 134 valence electrons. The van der Waals surface area contributed by atoms with Crippen LogP contribution < -0.4 is 5.32 Å². The van der Waals surface area contributed by atoms with Gasteiger partial charge in [0.15, 0.2) is 0 Å². The topological polar surface area (TPSA) is 62.0 Å². The lowest BCUT2D eigenvalue weighted by molar-refractivity contribution is 0.0957. The van der Waals surface area contributed by atoms with Crippen molar-refractivity contribution in [1.29, 1.82) is 0 Å². The van der Waals surface area contributed by atoms with Gasteiger partial charge in [0.05, 0.1) is 21.9 Å². The zero-order valence-corrected chi connectivity index (χ0v) is 15.4. The smallest absolute Gasteiger partial charge is 0.253 e. The quantitative estimate of drug-likeness (QED) is 0.725. The number of nitrogens with one attached hydrogen (secondary N) is 2. The van der Waals surface area contributed by atoms with Crippen molar-refractivity contribution in [1.82, 2.24) is 10.3 Å². The van der Waals surface area contributed by atoms with Gasteiger partial charge in [-0.05, 0) is 49.4 Å². The molecule has 4 nitrogen and oxygen atoms in total. The minimum absolute atomic E-state index is 0.112. The van der Waals surface area contributed by atoms with Crippen LogP contribution in [0.25, 0.3) is 10.9 Å². The molecule has 0 spiro atoms. The molecular formula is C21H22N2O2S. The maximum Gasteiger partial charge on any atom is 0.253 e. The summed E-state index contributed by atoms with van der Waals surface area (Å²) in [5, 5.41) is 4.09. The first-order valence-electron chi connectivity index (χ1n) is 9.08. The van der Waals surface area contributed by atoms with Crippen LogP contribution in [0.1, 0.15) is 34.5 Å². The molecule has 5 heteroatoms. The van der Waals surface area contributed by atoms with E-state index < -0.39 is 10.8 Å². The van der Waals surface area contributed by atoms with Crippen LogP contribution in [0.5, 0.6) is 0 Å². The van der Waals surface area contributed by atoms with Crippen LogP contribution in [0.15, 0.2) is 53.4 Å². The van der Waals surface area contributed by atoms with E-state index in [0.717, 1.165) is 23.3 Å². The lowest BCUT2D eigenvalue weighted by Gasteiger charge is -2.10. The molecule has 0 saturated carbocycles. The Bertz CT molecular complexity index is 963. The van der Waals surface area contributed by atoms with Gasteiger partial charge in [0.2, 0.25) is 0 Å². The number of aromatic amines is 1. The van der Waals surface area contributed by atoms with Gasteiger partial charge in [0.25, 0.3) is 5.91 Å². The molecule has 1 atom stereocenters. The van der Waals surface area contributed by atoms with E-state index in [-0.39, 0.29) is 5.91 Å². The average molecular weight is 366 g/mol. The molecule has 2 N–H and O–H groups in total. The van der Waals surface area contributed by atoms with E-state index in [1.807, 2.05) is 42.5 Å². The average Bonchev–Trinajstić information content (AvgIpc) is 3.07. The summed E-state index contributed by atoms with van der Waals surface area (Å²) in [7, 11) is -1.10. The highest BCUT2D eigenvalue weighted by Crippen LogP contribution is 2.30. The number of H-pyrrole nitrogens is 1. The van der Waals surface area contributed by atoms with E-state index in [4.69, 9.17) is 0 Å². The molecule has 1 aliphatic carbocycles. The van der Waals surface area contributed by atoms with Crippen molar-refractivity contribution in [2.24, 2.45) is 0 Å². The molecule has 1 heterocycles. The molecule has 3 aromatic rings. The fraction of sp³-hybridized carbons (Fsp3) is 0.286. The predicted octanol–water partition coefficient (Wildman–Crippen LogP) is 3.58. The molecule has 0 bridgehead atoms. The number of aromatic nitrogens is 1. The zero-order chi connectivity index (χ0) is 17.9. The van der Waals surface area contributed by atoms with Crippen LogP contribution in [-0.4, -0.2) is 27.4 Å². The molecule has 4 rings (SSSR count). The van der Waals surface area contributed by atoms with Crippen LogP contribution in [0, 0.1) is 0 Å². The summed E-state index contributed by atoms with van der Waals surface area (Å²) in [5.74, 6) is 0.298. The van der Waals surface area contributed by atoms with Crippen molar-refractivity contribution in [3.05, 3.63) is 65.4 Å². The third kappa shape index (κ3) is 3.31. The summed E-state index contributed by atoms with van der Waals surface area (Å²) in [5.41, 5.74) is 4.24. The van der Waals surface area contributed by atoms with Crippen LogP contribution in [0.2, 0.25) is 0 Å². The predicted molar refractivity (Wildman–Crippen MR) is 105 cm³/mol. The normalized spacial score (nSPS) is 14.8. The first-order chi connectivity index (χ1) is 12.7. The first kappa shape index (κ1) is 17.0. The highest BCUT2D eigenvalue weighted by Gasteiger charge is 2.19. The zero-order valence-electron chi connectivity index (χ0n) is 14.6. The summed E-state index contributed by atoms with van der Waals surface area (Å²) in [6.45, 7) is 0.386. The maximum absolute atomic E-state index is 12.7. The summed E-state index contributed by atoms with van der Waals surface area (Å²) in [6.07, 6.45) is 4.55. The molecule has 1 aromatic heterocycles. The van der Waals surface area contributed by atoms with E-state index in [9.17, 15) is 9.00 Å². The number of fused-ring (bicyclic) bond motifs is 3. The van der Waals surface area contributed by atoms with Gasteiger partial charge in [-0.1, -0.05) is 30.3 Å². The van der Waals surface area contributed by atoms with Gasteiger partial charge in [-0.25, -0.2) is 0 Å². The van der Waals surface area contributed by atoms with Gasteiger partial charge in [-0.2, -0.15) is 0 Å². The van der Waals surface area contributed by atoms with Crippen molar-refractivity contribution in [2.45, 2.75) is 30.6 Å². The second-order valence-corrected chi connectivity index (χ2v) is 8.21. The van der Waals surface area contributed by atoms with Gasteiger partial charge in [-0.3, -0.25) is 9.00 Å². The third-order valence-corrected chi connectivity index (χ3v) is 6.33. The van der Waals surface area contributed by atoms with Crippen molar-refractivity contribution in [3.63, 3.8) is 0 Å². The van der Waals surface area contributed by atoms with Gasteiger partial charge in [0, 0.05) is 28.3 Å². The lowest BCUT2D eigenvalue weighted by atomic mass is 9.95. The fourth-order valence-electron chi connectivity index (χ4n) is 3.66. The summed E-state index contributed by atoms with van der Waals surface area (Å²) in [6, 6.07) is 15.2. The number of aryl methyl sites for hydroxylation is 2. The largest absolute Gasteiger partial charge is 0.358 e. The van der Waals surface area contributed by atoms with E-state index >= 15 is 0 Å². The second-order valence-electron chi connectivity index (χ2n) is 6.64. The molecule has 0 fully saturated rings. The van der Waals surface area contributed by atoms with Crippen LogP contribution in [0.4, 0.5) is 0 Å². The lowest BCUT2D eigenvalue weighted by Crippen LogP contribution is -2.27. The molecule has 1 aliphatic rings. The molecule has 0 unspecified atom stereocenters. The number of hydrogen-bond donors (Lipinski definition) is 2. The van der Waals surface area contributed by atoms with E-state index in [2.05, 4.69) is 16.4 Å². The standard InChI is InChI=1S/C21H22N2O2S/c24-21(22-13-14-26(25)15-7-2-1-3-8-15)18-11-6-10-17-16-9-4-5-12-19(16)23-20(17)18/h1-3,6-8,10-11,23H,4-5,9,12-14H2,(H,22,24)/t26-/m1/s1. The fourth-order valence-corrected chi connectivity index (χ4v) is 4.65. The Hall–Kier alpha value is -2.40. The van der Waals surface area contributed by atoms with Crippen LogP contribution in [0.3, 0.4) is 0 Å². The Morgan fingerprint density at radius 3 is 2.69 bits per heavy atom. The number of amides is 1. The second kappa shape index (κ2) is 7.46. The van der Waals surface area contributed by atoms with Crippen molar-refractivity contribution in [2.75, 3.05) is 12.3 Å². The maximum atomic E-state index is 12.7. The summed E-state index contributed by atoms with van der Waals surface area (Å²) < 4.78 is 12.3. The Kier molecular flexibility index (Phi) is 4.89. The van der Waals surface area contributed by atoms with Crippen LogP contribution in [-0.2, 0) is 23.6 Å². The molecule has 1 amide bonds. The minimum Gasteiger partial charge on any atom is -0.358 e.